The molecule has 0 spiro atoms. The van der Waals surface area contributed by atoms with Gasteiger partial charge in [0, 0.05) is 6.04 Å². The van der Waals surface area contributed by atoms with E-state index in [-0.39, 0.29) is 23.8 Å². The number of ether oxygens (including phenoxy) is 2. The Bertz CT molecular complexity index is 569. The Hall–Kier alpha value is -1.27. The van der Waals surface area contributed by atoms with Crippen molar-refractivity contribution < 1.29 is 17.9 Å². The number of benzene rings is 1. The average molecular weight is 299 g/mol. The van der Waals surface area contributed by atoms with Gasteiger partial charge < -0.3 is 14.8 Å². The van der Waals surface area contributed by atoms with Gasteiger partial charge in [-0.3, -0.25) is 0 Å². The summed E-state index contributed by atoms with van der Waals surface area (Å²) in [6.07, 6.45) is 0. The quantitative estimate of drug-likeness (QED) is 0.869. The Morgan fingerprint density at radius 1 is 1.25 bits per heavy atom. The maximum absolute atomic E-state index is 12.1. The minimum absolute atomic E-state index is 0.0815. The molecular formula is C14H21NO4S. The molecule has 5 nitrogen and oxygen atoms in total. The predicted octanol–water partition coefficient (Wildman–Crippen LogP) is 1.89. The SMILES string of the molecule is CCNC(CS(=O)(=O)C(C)C)c1ccc2c(c1)OCO2. The largest absolute Gasteiger partial charge is 0.454 e. The van der Waals surface area contributed by atoms with Gasteiger partial charge in [0.2, 0.25) is 6.79 Å². The van der Waals surface area contributed by atoms with E-state index in [1.807, 2.05) is 25.1 Å². The van der Waals surface area contributed by atoms with Crippen molar-refractivity contribution in [2.75, 3.05) is 19.1 Å². The normalized spacial score (nSPS) is 15.6. The molecule has 0 saturated heterocycles. The van der Waals surface area contributed by atoms with Crippen molar-refractivity contribution in [1.29, 1.82) is 0 Å². The molecule has 0 amide bonds. The lowest BCUT2D eigenvalue weighted by atomic mass is 10.1. The van der Waals surface area contributed by atoms with E-state index in [4.69, 9.17) is 9.47 Å². The topological polar surface area (TPSA) is 64.6 Å². The van der Waals surface area contributed by atoms with E-state index in [1.165, 1.54) is 0 Å². The molecular weight excluding hydrogens is 278 g/mol. The van der Waals surface area contributed by atoms with E-state index in [1.54, 1.807) is 13.8 Å². The minimum Gasteiger partial charge on any atom is -0.454 e. The van der Waals surface area contributed by atoms with Gasteiger partial charge in [0.05, 0.1) is 11.0 Å². The van der Waals surface area contributed by atoms with Crippen molar-refractivity contribution in [1.82, 2.24) is 5.32 Å². The summed E-state index contributed by atoms with van der Waals surface area (Å²) in [4.78, 5) is 0. The van der Waals surface area contributed by atoms with E-state index < -0.39 is 9.84 Å². The Morgan fingerprint density at radius 3 is 2.60 bits per heavy atom. The molecule has 0 saturated carbocycles. The van der Waals surface area contributed by atoms with Crippen LogP contribution in [0.4, 0.5) is 0 Å². The van der Waals surface area contributed by atoms with E-state index in [2.05, 4.69) is 5.32 Å². The lowest BCUT2D eigenvalue weighted by Crippen LogP contribution is -2.31. The number of fused-ring (bicyclic) bond motifs is 1. The van der Waals surface area contributed by atoms with Crippen LogP contribution in [0.3, 0.4) is 0 Å². The van der Waals surface area contributed by atoms with Crippen LogP contribution in [0.5, 0.6) is 11.5 Å². The molecule has 1 aromatic carbocycles. The summed E-state index contributed by atoms with van der Waals surface area (Å²) in [5.74, 6) is 1.46. The first-order valence-electron chi connectivity index (χ1n) is 6.78. The first kappa shape index (κ1) is 15.1. The van der Waals surface area contributed by atoms with Gasteiger partial charge in [-0.05, 0) is 38.1 Å². The third-order valence-electron chi connectivity index (χ3n) is 3.37. The first-order chi connectivity index (χ1) is 9.44. The Labute approximate surface area is 120 Å². The zero-order valence-corrected chi connectivity index (χ0v) is 12.9. The zero-order valence-electron chi connectivity index (χ0n) is 12.0. The Kier molecular flexibility index (Phi) is 4.55. The zero-order chi connectivity index (χ0) is 14.8. The van der Waals surface area contributed by atoms with Gasteiger partial charge in [-0.15, -0.1) is 0 Å². The second-order valence-corrected chi connectivity index (χ2v) is 7.70. The predicted molar refractivity (Wildman–Crippen MR) is 77.9 cm³/mol. The fourth-order valence-corrected chi connectivity index (χ4v) is 3.23. The maximum atomic E-state index is 12.1. The van der Waals surface area contributed by atoms with E-state index in [0.29, 0.717) is 18.0 Å². The molecule has 6 heteroatoms. The molecule has 1 atom stereocenters. The smallest absolute Gasteiger partial charge is 0.231 e. The second kappa shape index (κ2) is 6.01. The maximum Gasteiger partial charge on any atom is 0.231 e. The molecule has 1 N–H and O–H groups in total. The minimum atomic E-state index is -3.12. The molecule has 1 heterocycles. The lowest BCUT2D eigenvalue weighted by Gasteiger charge is -2.20. The first-order valence-corrected chi connectivity index (χ1v) is 8.50. The molecule has 0 fully saturated rings. The Balaban J connectivity index is 2.25. The third kappa shape index (κ3) is 3.24. The molecule has 0 bridgehead atoms. The summed E-state index contributed by atoms with van der Waals surface area (Å²) in [7, 11) is -3.12. The van der Waals surface area contributed by atoms with Crippen molar-refractivity contribution in [2.45, 2.75) is 32.1 Å². The molecule has 1 aromatic rings. The Morgan fingerprint density at radius 2 is 1.95 bits per heavy atom. The summed E-state index contributed by atoms with van der Waals surface area (Å²) in [6.45, 7) is 6.29. The van der Waals surface area contributed by atoms with E-state index in [0.717, 1.165) is 5.56 Å². The summed E-state index contributed by atoms with van der Waals surface area (Å²) in [6, 6.07) is 5.33. The van der Waals surface area contributed by atoms with Crippen LogP contribution in [0.25, 0.3) is 0 Å². The molecule has 0 radical (unpaired) electrons. The van der Waals surface area contributed by atoms with Crippen molar-refractivity contribution >= 4 is 9.84 Å². The van der Waals surface area contributed by atoms with Crippen LogP contribution in [-0.2, 0) is 9.84 Å². The highest BCUT2D eigenvalue weighted by molar-refractivity contribution is 7.92. The molecule has 1 aliphatic heterocycles. The van der Waals surface area contributed by atoms with Crippen LogP contribution < -0.4 is 14.8 Å². The highest BCUT2D eigenvalue weighted by Gasteiger charge is 2.24. The van der Waals surface area contributed by atoms with Gasteiger partial charge in [-0.1, -0.05) is 13.0 Å². The number of hydrogen-bond acceptors (Lipinski definition) is 5. The standard InChI is InChI=1S/C14H21NO4S/c1-4-15-12(8-20(16,17)10(2)3)11-5-6-13-14(7-11)19-9-18-13/h5-7,10,12,15H,4,8-9H2,1-3H3. The van der Waals surface area contributed by atoms with Gasteiger partial charge in [-0.2, -0.15) is 0 Å². The van der Waals surface area contributed by atoms with Crippen molar-refractivity contribution in [3.63, 3.8) is 0 Å². The molecule has 0 aromatic heterocycles. The van der Waals surface area contributed by atoms with E-state index >= 15 is 0 Å². The summed E-state index contributed by atoms with van der Waals surface area (Å²) in [5, 5.41) is 2.85. The van der Waals surface area contributed by atoms with Crippen LogP contribution in [0, 0.1) is 0 Å². The molecule has 20 heavy (non-hydrogen) atoms. The van der Waals surface area contributed by atoms with E-state index in [9.17, 15) is 8.42 Å². The summed E-state index contributed by atoms with van der Waals surface area (Å²) >= 11 is 0. The monoisotopic (exact) mass is 299 g/mol. The van der Waals surface area contributed by atoms with Gasteiger partial charge in [0.15, 0.2) is 21.3 Å². The van der Waals surface area contributed by atoms with Gasteiger partial charge in [0.25, 0.3) is 0 Å². The van der Waals surface area contributed by atoms with Crippen molar-refractivity contribution in [3.8, 4) is 11.5 Å². The number of hydrogen-bond donors (Lipinski definition) is 1. The van der Waals surface area contributed by atoms with Crippen molar-refractivity contribution in [3.05, 3.63) is 23.8 Å². The summed E-state index contributed by atoms with van der Waals surface area (Å²) < 4.78 is 34.9. The highest BCUT2D eigenvalue weighted by Crippen LogP contribution is 2.34. The van der Waals surface area contributed by atoms with Crippen LogP contribution in [0.15, 0.2) is 18.2 Å². The fourth-order valence-electron chi connectivity index (χ4n) is 2.07. The second-order valence-electron chi connectivity index (χ2n) is 5.10. The van der Waals surface area contributed by atoms with Gasteiger partial charge in [0.1, 0.15) is 0 Å². The van der Waals surface area contributed by atoms with Gasteiger partial charge >= 0.3 is 0 Å². The van der Waals surface area contributed by atoms with Gasteiger partial charge in [-0.25, -0.2) is 8.42 Å². The van der Waals surface area contributed by atoms with Crippen LogP contribution in [-0.4, -0.2) is 32.8 Å². The molecule has 0 aliphatic carbocycles. The third-order valence-corrected chi connectivity index (χ3v) is 5.60. The number of rotatable bonds is 6. The molecule has 112 valence electrons. The van der Waals surface area contributed by atoms with Crippen LogP contribution in [0.2, 0.25) is 0 Å². The molecule has 1 unspecified atom stereocenters. The highest BCUT2D eigenvalue weighted by atomic mass is 32.2. The lowest BCUT2D eigenvalue weighted by molar-refractivity contribution is 0.174. The van der Waals surface area contributed by atoms with Crippen LogP contribution >= 0.6 is 0 Å². The average Bonchev–Trinajstić information content (AvgIpc) is 2.84. The molecule has 1 aliphatic rings. The van der Waals surface area contributed by atoms with Crippen LogP contribution in [0.1, 0.15) is 32.4 Å². The van der Waals surface area contributed by atoms with Crippen molar-refractivity contribution in [2.24, 2.45) is 0 Å². The molecule has 2 rings (SSSR count). The number of nitrogens with one attached hydrogen (secondary N) is 1. The number of sulfone groups is 1. The summed E-state index contributed by atoms with van der Waals surface area (Å²) in [5.41, 5.74) is 0.903. The fraction of sp³-hybridized carbons (Fsp3) is 0.571.